The van der Waals surface area contributed by atoms with Gasteiger partial charge in [-0.2, -0.15) is 0 Å². The molecule has 0 radical (unpaired) electrons. The Morgan fingerprint density at radius 3 is 2.31 bits per heavy atom. The lowest BCUT2D eigenvalue weighted by molar-refractivity contribution is -0.138. The Labute approximate surface area is 153 Å². The second-order valence-corrected chi connectivity index (χ2v) is 7.13. The molecule has 1 unspecified atom stereocenters. The summed E-state index contributed by atoms with van der Waals surface area (Å²) in [6.07, 6.45) is 3.14. The van der Waals surface area contributed by atoms with Crippen LogP contribution >= 0.6 is 0 Å². The molecule has 2 aliphatic heterocycles. The first kappa shape index (κ1) is 18.2. The van der Waals surface area contributed by atoms with Gasteiger partial charge in [0.05, 0.1) is 5.41 Å². The number of benzene rings is 1. The first-order valence-electron chi connectivity index (χ1n) is 9.03. The van der Waals surface area contributed by atoms with Crippen molar-refractivity contribution in [2.24, 2.45) is 11.7 Å². The average Bonchev–Trinajstić information content (AvgIpc) is 3.14. The minimum absolute atomic E-state index is 0.0646. The highest BCUT2D eigenvalue weighted by atomic mass is 16.2. The van der Waals surface area contributed by atoms with Crippen LogP contribution in [-0.4, -0.2) is 53.7 Å². The number of hydrogen-bond donors (Lipinski definition) is 1. The Hall–Kier alpha value is -2.63. The Balaban J connectivity index is 1.68. The topological polar surface area (TPSA) is 83.7 Å². The van der Waals surface area contributed by atoms with Crippen molar-refractivity contribution >= 4 is 17.7 Å². The standard InChI is InChI=1S/C20H25N3O3/c1-2-17(24)22-11-8-15(9-12-22)18(25)23-13-10-20(14-23,19(21)26)16-6-4-3-5-7-16/h2-7,15H,1,8-14H2,(H2,21,26). The Bertz CT molecular complexity index is 710. The Kier molecular flexibility index (Phi) is 5.11. The third-order valence-corrected chi connectivity index (χ3v) is 5.71. The van der Waals surface area contributed by atoms with E-state index in [1.165, 1.54) is 6.08 Å². The van der Waals surface area contributed by atoms with Crippen molar-refractivity contribution in [1.29, 1.82) is 0 Å². The number of amides is 3. The molecule has 0 aromatic heterocycles. The molecule has 2 aliphatic rings. The highest BCUT2D eigenvalue weighted by Crippen LogP contribution is 2.36. The molecule has 1 atom stereocenters. The largest absolute Gasteiger partial charge is 0.369 e. The summed E-state index contributed by atoms with van der Waals surface area (Å²) in [6, 6.07) is 9.47. The van der Waals surface area contributed by atoms with Crippen molar-refractivity contribution in [3.05, 3.63) is 48.6 Å². The number of primary amides is 1. The van der Waals surface area contributed by atoms with Crippen LogP contribution in [0.3, 0.4) is 0 Å². The number of piperidine rings is 1. The van der Waals surface area contributed by atoms with Crippen LogP contribution in [0.15, 0.2) is 43.0 Å². The van der Waals surface area contributed by atoms with Crippen LogP contribution in [-0.2, 0) is 19.8 Å². The van der Waals surface area contributed by atoms with Crippen LogP contribution in [0.5, 0.6) is 0 Å². The van der Waals surface area contributed by atoms with Gasteiger partial charge in [0.1, 0.15) is 0 Å². The maximum atomic E-state index is 12.9. The van der Waals surface area contributed by atoms with Gasteiger partial charge in [-0.15, -0.1) is 0 Å². The van der Waals surface area contributed by atoms with Crippen LogP contribution in [0.4, 0.5) is 0 Å². The summed E-state index contributed by atoms with van der Waals surface area (Å²) in [4.78, 5) is 40.4. The predicted octanol–water partition coefficient (Wildman–Crippen LogP) is 1.07. The SMILES string of the molecule is C=CC(=O)N1CCC(C(=O)N2CCC(C(N)=O)(c3ccccc3)C2)CC1. The molecule has 0 aliphatic carbocycles. The molecule has 1 aromatic rings. The summed E-state index contributed by atoms with van der Waals surface area (Å²) in [5.74, 6) is -0.516. The van der Waals surface area contributed by atoms with E-state index in [-0.39, 0.29) is 23.6 Å². The van der Waals surface area contributed by atoms with Crippen LogP contribution in [0.2, 0.25) is 0 Å². The van der Waals surface area contributed by atoms with Crippen LogP contribution in [0, 0.1) is 5.92 Å². The van der Waals surface area contributed by atoms with Gasteiger partial charge in [-0.1, -0.05) is 36.9 Å². The number of hydrogen-bond acceptors (Lipinski definition) is 3. The number of nitrogens with two attached hydrogens (primary N) is 1. The van der Waals surface area contributed by atoms with Gasteiger partial charge in [0.2, 0.25) is 17.7 Å². The zero-order valence-corrected chi connectivity index (χ0v) is 14.9. The average molecular weight is 355 g/mol. The highest BCUT2D eigenvalue weighted by molar-refractivity contribution is 5.90. The molecule has 3 amide bonds. The van der Waals surface area contributed by atoms with Crippen molar-refractivity contribution < 1.29 is 14.4 Å². The van der Waals surface area contributed by atoms with E-state index < -0.39 is 5.41 Å². The first-order valence-corrected chi connectivity index (χ1v) is 9.03. The smallest absolute Gasteiger partial charge is 0.245 e. The maximum absolute atomic E-state index is 12.9. The molecular weight excluding hydrogens is 330 g/mol. The van der Waals surface area contributed by atoms with Gasteiger partial charge in [-0.3, -0.25) is 14.4 Å². The molecule has 3 rings (SSSR count). The molecule has 0 bridgehead atoms. The normalized spacial score (nSPS) is 23.7. The molecule has 2 fully saturated rings. The van der Waals surface area contributed by atoms with Gasteiger partial charge in [0.25, 0.3) is 0 Å². The fraction of sp³-hybridized carbons (Fsp3) is 0.450. The molecule has 2 N–H and O–H groups in total. The lowest BCUT2D eigenvalue weighted by Gasteiger charge is -2.33. The number of carbonyl (C=O) groups is 3. The monoisotopic (exact) mass is 355 g/mol. The summed E-state index contributed by atoms with van der Waals surface area (Å²) >= 11 is 0. The molecule has 6 nitrogen and oxygen atoms in total. The second kappa shape index (κ2) is 7.32. The summed E-state index contributed by atoms with van der Waals surface area (Å²) in [5.41, 5.74) is 5.80. The molecule has 0 saturated carbocycles. The summed E-state index contributed by atoms with van der Waals surface area (Å²) in [5, 5.41) is 0. The number of nitrogens with zero attached hydrogens (tertiary/aromatic N) is 2. The van der Waals surface area contributed by atoms with Gasteiger partial charge in [-0.05, 0) is 30.9 Å². The van der Waals surface area contributed by atoms with Gasteiger partial charge >= 0.3 is 0 Å². The fourth-order valence-electron chi connectivity index (χ4n) is 4.07. The van der Waals surface area contributed by atoms with E-state index in [2.05, 4.69) is 6.58 Å². The van der Waals surface area contributed by atoms with Gasteiger partial charge in [-0.25, -0.2) is 0 Å². The van der Waals surface area contributed by atoms with Crippen LogP contribution < -0.4 is 5.73 Å². The summed E-state index contributed by atoms with van der Waals surface area (Å²) in [6.45, 7) is 5.49. The highest BCUT2D eigenvalue weighted by Gasteiger charge is 2.47. The van der Waals surface area contributed by atoms with Crippen molar-refractivity contribution in [3.8, 4) is 0 Å². The number of rotatable bonds is 4. The van der Waals surface area contributed by atoms with Gasteiger partial charge < -0.3 is 15.5 Å². The summed E-state index contributed by atoms with van der Waals surface area (Å²) < 4.78 is 0. The zero-order chi connectivity index (χ0) is 18.7. The predicted molar refractivity (Wildman–Crippen MR) is 98.0 cm³/mol. The van der Waals surface area contributed by atoms with E-state index in [9.17, 15) is 14.4 Å². The fourth-order valence-corrected chi connectivity index (χ4v) is 4.07. The first-order chi connectivity index (χ1) is 12.5. The Morgan fingerprint density at radius 1 is 1.08 bits per heavy atom. The van der Waals surface area contributed by atoms with E-state index in [0.717, 1.165) is 5.56 Å². The van der Waals surface area contributed by atoms with Crippen molar-refractivity contribution in [2.75, 3.05) is 26.2 Å². The van der Waals surface area contributed by atoms with E-state index in [1.54, 1.807) is 9.80 Å². The minimum atomic E-state index is -0.809. The summed E-state index contributed by atoms with van der Waals surface area (Å²) in [7, 11) is 0. The zero-order valence-electron chi connectivity index (χ0n) is 14.9. The molecule has 6 heteroatoms. The molecular formula is C20H25N3O3. The van der Waals surface area contributed by atoms with E-state index in [0.29, 0.717) is 45.4 Å². The third-order valence-electron chi connectivity index (χ3n) is 5.71. The van der Waals surface area contributed by atoms with Gasteiger partial charge in [0.15, 0.2) is 0 Å². The van der Waals surface area contributed by atoms with Crippen LogP contribution in [0.1, 0.15) is 24.8 Å². The third kappa shape index (κ3) is 3.23. The van der Waals surface area contributed by atoms with E-state index in [1.807, 2.05) is 30.3 Å². The minimum Gasteiger partial charge on any atom is -0.369 e. The number of likely N-dealkylation sites (tertiary alicyclic amines) is 2. The molecule has 138 valence electrons. The van der Waals surface area contributed by atoms with Crippen molar-refractivity contribution in [2.45, 2.75) is 24.7 Å². The maximum Gasteiger partial charge on any atom is 0.245 e. The van der Waals surface area contributed by atoms with Crippen molar-refractivity contribution in [3.63, 3.8) is 0 Å². The molecule has 1 aromatic carbocycles. The van der Waals surface area contributed by atoms with E-state index in [4.69, 9.17) is 5.73 Å². The molecule has 26 heavy (non-hydrogen) atoms. The van der Waals surface area contributed by atoms with Gasteiger partial charge in [0, 0.05) is 32.1 Å². The van der Waals surface area contributed by atoms with Crippen molar-refractivity contribution in [1.82, 2.24) is 9.80 Å². The lowest BCUT2D eigenvalue weighted by atomic mass is 9.79. The number of carbonyl (C=O) groups excluding carboxylic acids is 3. The molecule has 0 spiro atoms. The van der Waals surface area contributed by atoms with E-state index >= 15 is 0 Å². The Morgan fingerprint density at radius 2 is 1.73 bits per heavy atom. The molecule has 2 heterocycles. The second-order valence-electron chi connectivity index (χ2n) is 7.13. The lowest BCUT2D eigenvalue weighted by Crippen LogP contribution is -2.47. The quantitative estimate of drug-likeness (QED) is 0.820. The van der Waals surface area contributed by atoms with Crippen LogP contribution in [0.25, 0.3) is 0 Å². The molecule has 2 saturated heterocycles.